The number of aryl methyl sites for hydroxylation is 1. The van der Waals surface area contributed by atoms with Gasteiger partial charge in [0.05, 0.1) is 12.5 Å². The van der Waals surface area contributed by atoms with Gasteiger partial charge in [-0.15, -0.1) is 0 Å². The third-order valence-corrected chi connectivity index (χ3v) is 1.73. The van der Waals surface area contributed by atoms with Crippen molar-refractivity contribution in [2.24, 2.45) is 5.73 Å². The minimum Gasteiger partial charge on any atom is -0.472 e. The molecule has 1 atom stereocenters. The summed E-state index contributed by atoms with van der Waals surface area (Å²) >= 11 is 0. The summed E-state index contributed by atoms with van der Waals surface area (Å²) in [4.78, 5) is 0. The molecule has 2 nitrogen and oxygen atoms in total. The van der Waals surface area contributed by atoms with Crippen LogP contribution in [0.2, 0.25) is 0 Å². The second-order valence-corrected chi connectivity index (χ2v) is 2.52. The minimum atomic E-state index is 0.138. The van der Waals surface area contributed by atoms with E-state index in [0.717, 1.165) is 17.5 Å². The van der Waals surface area contributed by atoms with Gasteiger partial charge in [0.2, 0.25) is 0 Å². The fourth-order valence-electron chi connectivity index (χ4n) is 0.970. The van der Waals surface area contributed by atoms with Crippen molar-refractivity contribution in [1.82, 2.24) is 0 Å². The number of hydrogen-bond acceptors (Lipinski definition) is 2. The third-order valence-electron chi connectivity index (χ3n) is 1.73. The topological polar surface area (TPSA) is 39.2 Å². The van der Waals surface area contributed by atoms with Gasteiger partial charge in [0.15, 0.2) is 0 Å². The molecule has 1 aromatic heterocycles. The standard InChI is InChI=1S/C8H13NO/c1-3-8(9)7-5-10-4-6(7)2/h4-5,8H,3,9H2,1-2H3/t8-/m0/s1. The molecule has 0 aliphatic rings. The zero-order valence-electron chi connectivity index (χ0n) is 6.42. The highest BCUT2D eigenvalue weighted by Crippen LogP contribution is 2.18. The fourth-order valence-corrected chi connectivity index (χ4v) is 0.970. The highest BCUT2D eigenvalue weighted by Gasteiger charge is 2.07. The zero-order chi connectivity index (χ0) is 7.56. The van der Waals surface area contributed by atoms with Gasteiger partial charge in [-0.1, -0.05) is 6.92 Å². The lowest BCUT2D eigenvalue weighted by atomic mass is 10.1. The summed E-state index contributed by atoms with van der Waals surface area (Å²) in [5, 5.41) is 0. The number of furan rings is 1. The smallest absolute Gasteiger partial charge is 0.0953 e. The van der Waals surface area contributed by atoms with Gasteiger partial charge in [0, 0.05) is 11.6 Å². The lowest BCUT2D eigenvalue weighted by Crippen LogP contribution is -2.08. The Hall–Kier alpha value is -0.760. The molecule has 0 saturated carbocycles. The summed E-state index contributed by atoms with van der Waals surface area (Å²) in [5.74, 6) is 0. The van der Waals surface area contributed by atoms with Gasteiger partial charge in [0.1, 0.15) is 0 Å². The molecule has 0 radical (unpaired) electrons. The van der Waals surface area contributed by atoms with E-state index in [0.29, 0.717) is 0 Å². The SMILES string of the molecule is CC[C@H](N)c1cocc1C. The van der Waals surface area contributed by atoms with E-state index in [9.17, 15) is 0 Å². The second-order valence-electron chi connectivity index (χ2n) is 2.52. The van der Waals surface area contributed by atoms with Crippen LogP contribution in [-0.2, 0) is 0 Å². The fraction of sp³-hybridized carbons (Fsp3) is 0.500. The van der Waals surface area contributed by atoms with Crippen LogP contribution in [0.4, 0.5) is 0 Å². The number of hydrogen-bond donors (Lipinski definition) is 1. The van der Waals surface area contributed by atoms with Gasteiger partial charge in [-0.25, -0.2) is 0 Å². The maximum Gasteiger partial charge on any atom is 0.0953 e. The van der Waals surface area contributed by atoms with Crippen LogP contribution in [0.25, 0.3) is 0 Å². The molecule has 56 valence electrons. The molecule has 0 unspecified atom stereocenters. The molecule has 0 aromatic carbocycles. The van der Waals surface area contributed by atoms with Gasteiger partial charge in [-0.3, -0.25) is 0 Å². The number of rotatable bonds is 2. The van der Waals surface area contributed by atoms with Crippen LogP contribution in [-0.4, -0.2) is 0 Å². The third kappa shape index (κ3) is 1.21. The summed E-state index contributed by atoms with van der Waals surface area (Å²) in [6, 6.07) is 0.138. The summed E-state index contributed by atoms with van der Waals surface area (Å²) in [6.07, 6.45) is 4.41. The van der Waals surface area contributed by atoms with E-state index < -0.39 is 0 Å². The summed E-state index contributed by atoms with van der Waals surface area (Å²) in [5.41, 5.74) is 8.05. The van der Waals surface area contributed by atoms with Gasteiger partial charge >= 0.3 is 0 Å². The molecule has 0 fully saturated rings. The molecular weight excluding hydrogens is 126 g/mol. The van der Waals surface area contributed by atoms with Crippen LogP contribution in [0.15, 0.2) is 16.9 Å². The van der Waals surface area contributed by atoms with E-state index in [1.807, 2.05) is 6.92 Å². The summed E-state index contributed by atoms with van der Waals surface area (Å²) < 4.78 is 4.99. The normalized spacial score (nSPS) is 13.5. The number of nitrogens with two attached hydrogens (primary N) is 1. The maximum absolute atomic E-state index is 5.78. The van der Waals surface area contributed by atoms with Crippen LogP contribution in [0.3, 0.4) is 0 Å². The van der Waals surface area contributed by atoms with Crippen molar-refractivity contribution in [3.63, 3.8) is 0 Å². The molecule has 0 bridgehead atoms. The van der Waals surface area contributed by atoms with Gasteiger partial charge in [0.25, 0.3) is 0 Å². The molecule has 0 saturated heterocycles. The largest absolute Gasteiger partial charge is 0.472 e. The summed E-state index contributed by atoms with van der Waals surface area (Å²) in [7, 11) is 0. The van der Waals surface area contributed by atoms with E-state index >= 15 is 0 Å². The predicted molar refractivity (Wildman–Crippen MR) is 40.7 cm³/mol. The molecule has 2 N–H and O–H groups in total. The Balaban J connectivity index is 2.82. The molecular formula is C8H13NO. The van der Waals surface area contributed by atoms with Crippen LogP contribution in [0.1, 0.15) is 30.5 Å². The first-order valence-electron chi connectivity index (χ1n) is 3.54. The van der Waals surface area contributed by atoms with Crippen molar-refractivity contribution in [3.8, 4) is 0 Å². The highest BCUT2D eigenvalue weighted by atomic mass is 16.3. The van der Waals surface area contributed by atoms with Crippen molar-refractivity contribution >= 4 is 0 Å². The molecule has 2 heteroatoms. The molecule has 1 aromatic rings. The minimum absolute atomic E-state index is 0.138. The Morgan fingerprint density at radius 1 is 1.60 bits per heavy atom. The average Bonchev–Trinajstić information content (AvgIpc) is 2.34. The molecule has 1 heterocycles. The molecule has 0 aliphatic carbocycles. The highest BCUT2D eigenvalue weighted by molar-refractivity contribution is 5.22. The monoisotopic (exact) mass is 139 g/mol. The first-order chi connectivity index (χ1) is 4.75. The molecule has 10 heavy (non-hydrogen) atoms. The summed E-state index contributed by atoms with van der Waals surface area (Å²) in [6.45, 7) is 4.07. The quantitative estimate of drug-likeness (QED) is 0.680. The van der Waals surface area contributed by atoms with Gasteiger partial charge < -0.3 is 10.2 Å². The van der Waals surface area contributed by atoms with Crippen LogP contribution < -0.4 is 5.73 Å². The Morgan fingerprint density at radius 3 is 2.70 bits per heavy atom. The van der Waals surface area contributed by atoms with Crippen molar-refractivity contribution in [2.75, 3.05) is 0 Å². The van der Waals surface area contributed by atoms with Crippen molar-refractivity contribution in [3.05, 3.63) is 23.7 Å². The zero-order valence-corrected chi connectivity index (χ0v) is 6.42. The Kier molecular flexibility index (Phi) is 2.12. The van der Waals surface area contributed by atoms with Gasteiger partial charge in [-0.2, -0.15) is 0 Å². The van der Waals surface area contributed by atoms with E-state index in [-0.39, 0.29) is 6.04 Å². The Labute approximate surface area is 61.0 Å². The van der Waals surface area contributed by atoms with Crippen LogP contribution in [0, 0.1) is 6.92 Å². The Bertz CT molecular complexity index is 205. The van der Waals surface area contributed by atoms with E-state index in [4.69, 9.17) is 10.2 Å². The van der Waals surface area contributed by atoms with E-state index in [1.165, 1.54) is 0 Å². The predicted octanol–water partition coefficient (Wildman–Crippen LogP) is 2.00. The van der Waals surface area contributed by atoms with Crippen LogP contribution >= 0.6 is 0 Å². The molecule has 0 amide bonds. The first-order valence-corrected chi connectivity index (χ1v) is 3.54. The van der Waals surface area contributed by atoms with Gasteiger partial charge in [-0.05, 0) is 18.9 Å². The first kappa shape index (κ1) is 7.35. The lowest BCUT2D eigenvalue weighted by molar-refractivity contribution is 0.556. The lowest BCUT2D eigenvalue weighted by Gasteiger charge is -2.05. The molecule has 0 spiro atoms. The van der Waals surface area contributed by atoms with Crippen molar-refractivity contribution in [1.29, 1.82) is 0 Å². The second kappa shape index (κ2) is 2.88. The van der Waals surface area contributed by atoms with Crippen molar-refractivity contribution in [2.45, 2.75) is 26.3 Å². The van der Waals surface area contributed by atoms with Crippen LogP contribution in [0.5, 0.6) is 0 Å². The van der Waals surface area contributed by atoms with E-state index in [2.05, 4.69) is 6.92 Å². The average molecular weight is 139 g/mol. The molecule has 0 aliphatic heterocycles. The van der Waals surface area contributed by atoms with E-state index in [1.54, 1.807) is 12.5 Å². The van der Waals surface area contributed by atoms with Crippen molar-refractivity contribution < 1.29 is 4.42 Å². The molecule has 1 rings (SSSR count). The maximum atomic E-state index is 5.78. The Morgan fingerprint density at radius 2 is 2.30 bits per heavy atom.